The Bertz CT molecular complexity index is 318. The minimum absolute atomic E-state index is 0.921. The molecule has 1 N–H and O–H groups in total. The number of hydrogen-bond acceptors (Lipinski definition) is 5. The van der Waals surface area contributed by atoms with Gasteiger partial charge in [0.05, 0.1) is 0 Å². The summed E-state index contributed by atoms with van der Waals surface area (Å²) >= 11 is 1.47. The molecule has 0 spiro atoms. The van der Waals surface area contributed by atoms with Gasteiger partial charge in [-0.2, -0.15) is 4.37 Å². The number of hydrogen-bond donors (Lipinski definition) is 1. The van der Waals surface area contributed by atoms with Crippen LogP contribution >= 0.6 is 11.5 Å². The first-order valence-corrected chi connectivity index (χ1v) is 7.44. The molecule has 1 aliphatic heterocycles. The predicted molar refractivity (Wildman–Crippen MR) is 72.7 cm³/mol. The van der Waals surface area contributed by atoms with Gasteiger partial charge >= 0.3 is 0 Å². The fraction of sp³-hybridized carbons (Fsp3) is 0.833. The van der Waals surface area contributed by atoms with Crippen molar-refractivity contribution in [2.75, 3.05) is 31.5 Å². The van der Waals surface area contributed by atoms with E-state index >= 15 is 0 Å². The maximum atomic E-state index is 4.41. The van der Waals surface area contributed by atoms with Crippen molar-refractivity contribution in [3.63, 3.8) is 0 Å². The zero-order valence-electron chi connectivity index (χ0n) is 10.6. The molecule has 0 unspecified atom stereocenters. The lowest BCUT2D eigenvalue weighted by Crippen LogP contribution is -2.29. The number of nitrogens with zero attached hydrogens (tertiary/aromatic N) is 3. The Morgan fingerprint density at radius 1 is 1.24 bits per heavy atom. The average molecular weight is 254 g/mol. The van der Waals surface area contributed by atoms with Gasteiger partial charge in [-0.1, -0.05) is 19.8 Å². The minimum Gasteiger partial charge on any atom is -0.359 e. The van der Waals surface area contributed by atoms with Crippen LogP contribution in [0.2, 0.25) is 0 Å². The molecule has 1 fully saturated rings. The highest BCUT2D eigenvalue weighted by molar-refractivity contribution is 7.09. The molecule has 2 rings (SSSR count). The Balaban J connectivity index is 1.67. The molecule has 2 heterocycles. The monoisotopic (exact) mass is 254 g/mol. The molecule has 1 aromatic heterocycles. The van der Waals surface area contributed by atoms with Gasteiger partial charge in [0, 0.05) is 31.0 Å². The predicted octanol–water partition coefficient (Wildman–Crippen LogP) is 2.39. The molecule has 0 saturated carbocycles. The molecule has 1 aromatic rings. The second-order valence-electron chi connectivity index (χ2n) is 4.55. The van der Waals surface area contributed by atoms with E-state index in [4.69, 9.17) is 0 Å². The maximum Gasteiger partial charge on any atom is 0.202 e. The fourth-order valence-corrected chi connectivity index (χ4v) is 2.82. The normalized spacial score (nSPS) is 17.9. The molecule has 0 radical (unpaired) electrons. The molecule has 1 aliphatic rings. The third kappa shape index (κ3) is 4.24. The van der Waals surface area contributed by atoms with Crippen molar-refractivity contribution in [2.24, 2.45) is 0 Å². The van der Waals surface area contributed by atoms with Crippen LogP contribution in [0, 0.1) is 0 Å². The molecule has 0 amide bonds. The van der Waals surface area contributed by atoms with Crippen LogP contribution in [-0.4, -0.2) is 40.4 Å². The molecule has 4 nitrogen and oxygen atoms in total. The summed E-state index contributed by atoms with van der Waals surface area (Å²) in [4.78, 5) is 6.96. The first kappa shape index (κ1) is 12.8. The smallest absolute Gasteiger partial charge is 0.202 e. The summed E-state index contributed by atoms with van der Waals surface area (Å²) in [5, 5.41) is 4.34. The Morgan fingerprint density at radius 2 is 2.00 bits per heavy atom. The highest BCUT2D eigenvalue weighted by Crippen LogP contribution is 2.12. The van der Waals surface area contributed by atoms with Crippen molar-refractivity contribution in [2.45, 2.75) is 39.0 Å². The van der Waals surface area contributed by atoms with Gasteiger partial charge in [0.15, 0.2) is 0 Å². The lowest BCUT2D eigenvalue weighted by molar-refractivity contribution is 0.296. The molecular weight excluding hydrogens is 232 g/mol. The fourth-order valence-electron chi connectivity index (χ4n) is 2.15. The van der Waals surface area contributed by atoms with Crippen molar-refractivity contribution in [1.29, 1.82) is 0 Å². The van der Waals surface area contributed by atoms with Crippen LogP contribution in [0.1, 0.15) is 38.4 Å². The second-order valence-corrected chi connectivity index (χ2v) is 5.30. The average Bonchev–Trinajstić information content (AvgIpc) is 2.65. The van der Waals surface area contributed by atoms with Crippen LogP contribution in [0.15, 0.2) is 0 Å². The summed E-state index contributed by atoms with van der Waals surface area (Å²) in [6.45, 7) is 6.72. The van der Waals surface area contributed by atoms with Crippen molar-refractivity contribution in [3.05, 3.63) is 5.82 Å². The van der Waals surface area contributed by atoms with Gasteiger partial charge in [-0.15, -0.1) is 0 Å². The van der Waals surface area contributed by atoms with E-state index < -0.39 is 0 Å². The Morgan fingerprint density at radius 3 is 2.65 bits per heavy atom. The highest BCUT2D eigenvalue weighted by Gasteiger charge is 2.08. The van der Waals surface area contributed by atoms with Gasteiger partial charge in [0.1, 0.15) is 5.82 Å². The van der Waals surface area contributed by atoms with Gasteiger partial charge in [-0.05, 0) is 25.9 Å². The number of likely N-dealkylation sites (tertiary alicyclic amines) is 1. The molecular formula is C12H22N4S. The lowest BCUT2D eigenvalue weighted by Gasteiger charge is -2.19. The first-order valence-electron chi connectivity index (χ1n) is 6.67. The quantitative estimate of drug-likeness (QED) is 0.876. The van der Waals surface area contributed by atoms with E-state index in [2.05, 4.69) is 26.5 Å². The third-order valence-corrected chi connectivity index (χ3v) is 3.90. The Labute approximate surface area is 108 Å². The summed E-state index contributed by atoms with van der Waals surface area (Å²) in [6.07, 6.45) is 6.45. The van der Waals surface area contributed by atoms with E-state index in [9.17, 15) is 0 Å². The van der Waals surface area contributed by atoms with Crippen LogP contribution < -0.4 is 5.32 Å². The topological polar surface area (TPSA) is 41.1 Å². The summed E-state index contributed by atoms with van der Waals surface area (Å²) in [6, 6.07) is 0. The first-order chi connectivity index (χ1) is 8.38. The maximum absolute atomic E-state index is 4.41. The number of nitrogens with one attached hydrogen (secondary N) is 1. The lowest BCUT2D eigenvalue weighted by atomic mass is 10.2. The van der Waals surface area contributed by atoms with Gasteiger partial charge in [-0.25, -0.2) is 4.98 Å². The van der Waals surface area contributed by atoms with Gasteiger partial charge in [0.2, 0.25) is 5.13 Å². The van der Waals surface area contributed by atoms with Crippen LogP contribution in [-0.2, 0) is 6.42 Å². The molecule has 96 valence electrons. The number of anilines is 1. The Kier molecular flexibility index (Phi) is 5.19. The van der Waals surface area contributed by atoms with E-state index in [-0.39, 0.29) is 0 Å². The largest absolute Gasteiger partial charge is 0.359 e. The SMILES string of the molecule is CCc1nsc(NCCN2CCCCCC2)n1. The van der Waals surface area contributed by atoms with Crippen molar-refractivity contribution >= 4 is 16.7 Å². The molecule has 0 bridgehead atoms. The molecule has 1 saturated heterocycles. The summed E-state index contributed by atoms with van der Waals surface area (Å²) in [5.74, 6) is 0.951. The van der Waals surface area contributed by atoms with E-state index in [1.807, 2.05) is 0 Å². The number of aryl methyl sites for hydroxylation is 1. The van der Waals surface area contributed by atoms with Gasteiger partial charge in [-0.3, -0.25) is 0 Å². The molecule has 17 heavy (non-hydrogen) atoms. The van der Waals surface area contributed by atoms with Crippen LogP contribution in [0.4, 0.5) is 5.13 Å². The van der Waals surface area contributed by atoms with Crippen molar-refractivity contribution in [3.8, 4) is 0 Å². The summed E-state index contributed by atoms with van der Waals surface area (Å²) in [7, 11) is 0. The minimum atomic E-state index is 0.921. The second kappa shape index (κ2) is 6.91. The van der Waals surface area contributed by atoms with E-state index in [0.717, 1.165) is 30.5 Å². The molecule has 0 aliphatic carbocycles. The standard InChI is InChI=1S/C12H22N4S/c1-2-11-14-12(17-15-11)13-7-10-16-8-5-3-4-6-9-16/h2-10H2,1H3,(H,13,14,15). The Hall–Kier alpha value is -0.680. The number of aromatic nitrogens is 2. The van der Waals surface area contributed by atoms with Gasteiger partial charge < -0.3 is 10.2 Å². The van der Waals surface area contributed by atoms with Crippen LogP contribution in [0.5, 0.6) is 0 Å². The zero-order valence-corrected chi connectivity index (χ0v) is 11.4. The van der Waals surface area contributed by atoms with Crippen molar-refractivity contribution in [1.82, 2.24) is 14.3 Å². The van der Waals surface area contributed by atoms with Crippen molar-refractivity contribution < 1.29 is 0 Å². The van der Waals surface area contributed by atoms with Gasteiger partial charge in [0.25, 0.3) is 0 Å². The molecule has 0 aromatic carbocycles. The third-order valence-electron chi connectivity index (χ3n) is 3.19. The summed E-state index contributed by atoms with van der Waals surface area (Å²) < 4.78 is 4.27. The number of rotatable bonds is 5. The molecule has 5 heteroatoms. The van der Waals surface area contributed by atoms with Crippen LogP contribution in [0.25, 0.3) is 0 Å². The summed E-state index contributed by atoms with van der Waals surface area (Å²) in [5.41, 5.74) is 0. The van der Waals surface area contributed by atoms with E-state index in [1.54, 1.807) is 0 Å². The highest BCUT2D eigenvalue weighted by atomic mass is 32.1. The van der Waals surface area contributed by atoms with Crippen LogP contribution in [0.3, 0.4) is 0 Å². The zero-order chi connectivity index (χ0) is 11.9. The van der Waals surface area contributed by atoms with E-state index in [0.29, 0.717) is 0 Å². The van der Waals surface area contributed by atoms with E-state index in [1.165, 1.54) is 50.3 Å². The molecule has 0 atom stereocenters.